The summed E-state index contributed by atoms with van der Waals surface area (Å²) in [5.41, 5.74) is 2.03. The van der Waals surface area contributed by atoms with Crippen molar-refractivity contribution in [3.63, 3.8) is 0 Å². The van der Waals surface area contributed by atoms with E-state index in [1.807, 2.05) is 42.5 Å². The van der Waals surface area contributed by atoms with Crippen LogP contribution in [0.4, 0.5) is 0 Å². The Balaban J connectivity index is 1.35. The molecule has 38 heavy (non-hydrogen) atoms. The van der Waals surface area contributed by atoms with Gasteiger partial charge in [-0.25, -0.2) is 0 Å². The molecule has 2 saturated heterocycles. The third kappa shape index (κ3) is 5.84. The first kappa shape index (κ1) is 25.8. The van der Waals surface area contributed by atoms with E-state index in [9.17, 15) is 14.7 Å². The first-order valence-corrected chi connectivity index (χ1v) is 12.5. The zero-order valence-electron chi connectivity index (χ0n) is 20.8. The van der Waals surface area contributed by atoms with Crippen molar-refractivity contribution in [2.24, 2.45) is 0 Å². The quantitative estimate of drug-likeness (QED) is 0.366. The van der Waals surface area contributed by atoms with Crippen molar-refractivity contribution in [2.45, 2.75) is 43.9 Å². The predicted molar refractivity (Wildman–Crippen MR) is 139 cm³/mol. The topological polar surface area (TPSA) is 103 Å². The molecule has 0 aliphatic carbocycles. The molecule has 3 aromatic carbocycles. The molecule has 0 bridgehead atoms. The highest BCUT2D eigenvalue weighted by Gasteiger charge is 2.50. The van der Waals surface area contributed by atoms with Gasteiger partial charge in [-0.3, -0.25) is 9.59 Å². The van der Waals surface area contributed by atoms with Crippen molar-refractivity contribution in [3.8, 4) is 5.75 Å². The minimum atomic E-state index is -1.12. The van der Waals surface area contributed by atoms with E-state index in [2.05, 4.69) is 5.32 Å². The molecule has 5 rings (SSSR count). The molecule has 8 heteroatoms. The molecule has 6 atom stereocenters. The highest BCUT2D eigenvalue weighted by molar-refractivity contribution is 6.06. The molecule has 2 aliphatic heterocycles. The van der Waals surface area contributed by atoms with E-state index in [-0.39, 0.29) is 18.3 Å². The number of aliphatic hydroxyl groups is 1. The van der Waals surface area contributed by atoms with Gasteiger partial charge in [-0.15, -0.1) is 0 Å². The average molecular weight is 516 g/mol. The van der Waals surface area contributed by atoms with Crippen LogP contribution in [0.15, 0.2) is 91.0 Å². The van der Waals surface area contributed by atoms with Crippen LogP contribution in [0, 0.1) is 0 Å². The van der Waals surface area contributed by atoms with Crippen LogP contribution in [0.25, 0.3) is 6.08 Å². The lowest BCUT2D eigenvalue weighted by Gasteiger charge is -2.47. The summed E-state index contributed by atoms with van der Waals surface area (Å²) in [4.78, 5) is 24.6. The molecule has 0 radical (unpaired) electrons. The number of hydrogen-bond acceptors (Lipinski definition) is 7. The second-order valence-corrected chi connectivity index (χ2v) is 9.16. The molecule has 2 heterocycles. The van der Waals surface area contributed by atoms with Crippen LogP contribution in [-0.2, 0) is 19.0 Å². The molecule has 0 spiro atoms. The van der Waals surface area contributed by atoms with Gasteiger partial charge in [0.25, 0.3) is 0 Å². The van der Waals surface area contributed by atoms with E-state index in [0.29, 0.717) is 16.9 Å². The molecule has 0 aromatic heterocycles. The number of ketones is 1. The van der Waals surface area contributed by atoms with E-state index < -0.39 is 36.9 Å². The third-order valence-electron chi connectivity index (χ3n) is 6.44. The molecule has 2 N–H and O–H groups in total. The molecule has 2 aliphatic rings. The van der Waals surface area contributed by atoms with Gasteiger partial charge in [0.1, 0.15) is 30.1 Å². The Labute approximate surface area is 220 Å². The molecule has 1 unspecified atom stereocenters. The smallest absolute Gasteiger partial charge is 0.223 e. The normalized spacial score (nSPS) is 26.9. The maximum absolute atomic E-state index is 12.6. The van der Waals surface area contributed by atoms with Gasteiger partial charge in [0.05, 0.1) is 6.61 Å². The van der Waals surface area contributed by atoms with E-state index in [1.165, 1.54) is 13.0 Å². The fourth-order valence-electron chi connectivity index (χ4n) is 4.58. The Morgan fingerprint density at radius 1 is 0.947 bits per heavy atom. The maximum atomic E-state index is 12.6. The largest absolute Gasteiger partial charge is 0.462 e. The summed E-state index contributed by atoms with van der Waals surface area (Å²) >= 11 is 0. The Morgan fingerprint density at radius 3 is 2.37 bits per heavy atom. The summed E-state index contributed by atoms with van der Waals surface area (Å²) in [6, 6.07) is 24.6. The fourth-order valence-corrected chi connectivity index (χ4v) is 4.58. The van der Waals surface area contributed by atoms with E-state index in [1.54, 1.807) is 48.5 Å². The molecular weight excluding hydrogens is 486 g/mol. The molecule has 0 saturated carbocycles. The summed E-state index contributed by atoms with van der Waals surface area (Å²) in [7, 11) is 0. The van der Waals surface area contributed by atoms with Crippen LogP contribution in [0.2, 0.25) is 0 Å². The van der Waals surface area contributed by atoms with E-state index in [4.69, 9.17) is 18.9 Å². The molecular formula is C30H29NO7. The number of carbonyl (C=O) groups is 2. The van der Waals surface area contributed by atoms with Crippen molar-refractivity contribution < 1.29 is 33.6 Å². The summed E-state index contributed by atoms with van der Waals surface area (Å²) in [6.07, 6.45) is -1.06. The van der Waals surface area contributed by atoms with Crippen LogP contribution >= 0.6 is 0 Å². The Kier molecular flexibility index (Phi) is 7.95. The minimum Gasteiger partial charge on any atom is -0.462 e. The van der Waals surface area contributed by atoms with Crippen molar-refractivity contribution in [1.29, 1.82) is 0 Å². The average Bonchev–Trinajstić information content (AvgIpc) is 2.95. The van der Waals surface area contributed by atoms with Gasteiger partial charge in [-0.05, 0) is 18.2 Å². The summed E-state index contributed by atoms with van der Waals surface area (Å²) in [5, 5.41) is 14.0. The number of para-hydroxylation sites is 1. The lowest BCUT2D eigenvalue weighted by atomic mass is 9.95. The highest BCUT2D eigenvalue weighted by atomic mass is 16.7. The van der Waals surface area contributed by atoms with Crippen molar-refractivity contribution in [1.82, 2.24) is 5.32 Å². The number of nitrogens with one attached hydrogen (secondary N) is 1. The van der Waals surface area contributed by atoms with Crippen LogP contribution in [0.3, 0.4) is 0 Å². The van der Waals surface area contributed by atoms with Crippen LogP contribution in [0.5, 0.6) is 5.75 Å². The van der Waals surface area contributed by atoms with Crippen LogP contribution in [0.1, 0.15) is 34.7 Å². The molecule has 2 fully saturated rings. The molecule has 8 nitrogen and oxygen atoms in total. The van der Waals surface area contributed by atoms with Gasteiger partial charge in [0.15, 0.2) is 12.1 Å². The van der Waals surface area contributed by atoms with Crippen LogP contribution in [-0.4, -0.2) is 54.0 Å². The second-order valence-electron chi connectivity index (χ2n) is 9.16. The molecule has 3 aromatic rings. The predicted octanol–water partition coefficient (Wildman–Crippen LogP) is 3.67. The number of benzene rings is 3. The van der Waals surface area contributed by atoms with Gasteiger partial charge >= 0.3 is 0 Å². The van der Waals surface area contributed by atoms with Crippen LogP contribution < -0.4 is 10.1 Å². The van der Waals surface area contributed by atoms with E-state index in [0.717, 1.165) is 5.56 Å². The number of ether oxygens (including phenoxy) is 4. The number of allylic oxidation sites excluding steroid dienone is 1. The van der Waals surface area contributed by atoms with Gasteiger partial charge in [-0.1, -0.05) is 78.9 Å². The van der Waals surface area contributed by atoms with Gasteiger partial charge in [0, 0.05) is 23.6 Å². The number of fused-ring (bicyclic) bond motifs is 1. The van der Waals surface area contributed by atoms with Crippen molar-refractivity contribution in [2.75, 3.05) is 6.61 Å². The number of amides is 1. The van der Waals surface area contributed by atoms with E-state index >= 15 is 0 Å². The standard InChI is InChI=1S/C30H29NO7/c1-19(32)31-26-27(34)28-25(18-35-29(38-28)22-13-6-3-7-14-22)37-30(26)36-24-15-9-8-12-21(24)16-17-23(33)20-10-4-2-5-11-20/h2-17,25-30,34H,18H2,1H3,(H,31,32)/t25-,26-,27-,28-,29?,30-/m1/s1. The summed E-state index contributed by atoms with van der Waals surface area (Å²) in [5.74, 6) is -0.0680. The first-order chi connectivity index (χ1) is 18.5. The summed E-state index contributed by atoms with van der Waals surface area (Å²) in [6.45, 7) is 1.53. The first-order valence-electron chi connectivity index (χ1n) is 12.5. The third-order valence-corrected chi connectivity index (χ3v) is 6.44. The Morgan fingerprint density at radius 2 is 1.63 bits per heavy atom. The lowest BCUT2D eigenvalue weighted by molar-refractivity contribution is -0.333. The van der Waals surface area contributed by atoms with Gasteiger partial charge in [0.2, 0.25) is 12.2 Å². The number of carbonyl (C=O) groups excluding carboxylic acids is 2. The maximum Gasteiger partial charge on any atom is 0.223 e. The fraction of sp³-hybridized carbons (Fsp3) is 0.267. The number of aliphatic hydroxyl groups excluding tert-OH is 1. The molecule has 1 amide bonds. The highest BCUT2D eigenvalue weighted by Crippen LogP contribution is 2.35. The zero-order chi connectivity index (χ0) is 26.5. The minimum absolute atomic E-state index is 0.145. The number of hydrogen-bond donors (Lipinski definition) is 2. The Hall–Kier alpha value is -3.82. The number of rotatable bonds is 7. The second kappa shape index (κ2) is 11.7. The van der Waals surface area contributed by atoms with Crippen molar-refractivity contribution >= 4 is 17.8 Å². The van der Waals surface area contributed by atoms with Crippen molar-refractivity contribution in [3.05, 3.63) is 108 Å². The summed E-state index contributed by atoms with van der Waals surface area (Å²) < 4.78 is 24.3. The SMILES string of the molecule is CC(=O)N[C@H]1[C@H](Oc2ccccc2C=CC(=O)c2ccccc2)O[C@@H]2COC(c3ccccc3)O[C@H]2[C@@H]1O. The molecule has 196 valence electrons. The monoisotopic (exact) mass is 515 g/mol. The zero-order valence-corrected chi connectivity index (χ0v) is 20.8. The lowest BCUT2D eigenvalue weighted by Crippen LogP contribution is -2.67. The Bertz CT molecular complexity index is 1280. The van der Waals surface area contributed by atoms with Gasteiger partial charge in [-0.2, -0.15) is 0 Å². The van der Waals surface area contributed by atoms with Gasteiger partial charge < -0.3 is 29.4 Å².